The molecule has 144 valence electrons. The fourth-order valence-electron chi connectivity index (χ4n) is 2.96. The van der Waals surface area contributed by atoms with Gasteiger partial charge in [-0.25, -0.2) is 4.79 Å². The van der Waals surface area contributed by atoms with Gasteiger partial charge in [-0.15, -0.1) is 10.2 Å². The van der Waals surface area contributed by atoms with Crippen molar-refractivity contribution in [2.24, 2.45) is 0 Å². The fraction of sp³-hybridized carbons (Fsp3) is 0.0909. The minimum atomic E-state index is -0.978. The molecule has 0 aliphatic heterocycles. The van der Waals surface area contributed by atoms with Crippen molar-refractivity contribution in [1.82, 2.24) is 15.2 Å². The molecule has 0 atom stereocenters. The largest absolute Gasteiger partial charge is 0.478 e. The number of pyridine rings is 1. The second kappa shape index (κ2) is 7.55. The Morgan fingerprint density at radius 1 is 1.00 bits per heavy atom. The molecule has 4 aromatic rings. The van der Waals surface area contributed by atoms with Crippen LogP contribution < -0.4 is 5.32 Å². The summed E-state index contributed by atoms with van der Waals surface area (Å²) in [6.45, 7) is 3.60. The van der Waals surface area contributed by atoms with Gasteiger partial charge in [-0.2, -0.15) is 0 Å². The van der Waals surface area contributed by atoms with Crippen LogP contribution in [0, 0.1) is 13.8 Å². The topological polar surface area (TPSA) is 101 Å². The van der Waals surface area contributed by atoms with Gasteiger partial charge < -0.3 is 14.8 Å². The van der Waals surface area contributed by atoms with Gasteiger partial charge in [0.1, 0.15) is 0 Å². The molecule has 2 heterocycles. The second-order valence-electron chi connectivity index (χ2n) is 6.62. The van der Waals surface area contributed by atoms with E-state index in [2.05, 4.69) is 20.5 Å². The summed E-state index contributed by atoms with van der Waals surface area (Å²) < 4.78 is 5.48. The standard InChI is InChI=1S/C22H18N4O3/c1-13-6-8-20(18(10-13)22(27)28)24-17-7-9-19(23-12-17)15-4-3-5-16(11-15)21-26-25-14(2)29-21/h3-12,24H,1-2H3,(H,27,28). The summed E-state index contributed by atoms with van der Waals surface area (Å²) in [5, 5.41) is 20.4. The first-order valence-electron chi connectivity index (χ1n) is 8.97. The van der Waals surface area contributed by atoms with Gasteiger partial charge in [-0.1, -0.05) is 23.8 Å². The number of aromatic carboxylic acids is 1. The summed E-state index contributed by atoms with van der Waals surface area (Å²) >= 11 is 0. The van der Waals surface area contributed by atoms with E-state index in [-0.39, 0.29) is 5.56 Å². The lowest BCUT2D eigenvalue weighted by molar-refractivity contribution is 0.0698. The number of carboxylic acids is 1. The summed E-state index contributed by atoms with van der Waals surface area (Å²) in [5.41, 5.74) is 4.82. The molecule has 0 radical (unpaired) electrons. The molecular weight excluding hydrogens is 368 g/mol. The molecule has 0 unspecified atom stereocenters. The van der Waals surface area contributed by atoms with Gasteiger partial charge in [0, 0.05) is 18.1 Å². The van der Waals surface area contributed by atoms with E-state index in [4.69, 9.17) is 4.42 Å². The third-order valence-electron chi connectivity index (χ3n) is 4.38. The Bertz CT molecular complexity index is 1180. The molecule has 0 bridgehead atoms. The number of carbonyl (C=O) groups is 1. The first-order chi connectivity index (χ1) is 14.0. The number of rotatable bonds is 5. The van der Waals surface area contributed by atoms with Crippen LogP contribution in [0.15, 0.2) is 65.2 Å². The maximum Gasteiger partial charge on any atom is 0.337 e. The van der Waals surface area contributed by atoms with Crippen molar-refractivity contribution in [2.45, 2.75) is 13.8 Å². The van der Waals surface area contributed by atoms with Crippen LogP contribution in [0.1, 0.15) is 21.8 Å². The lowest BCUT2D eigenvalue weighted by Gasteiger charge is -2.11. The highest BCUT2D eigenvalue weighted by molar-refractivity contribution is 5.95. The van der Waals surface area contributed by atoms with Crippen LogP contribution in [0.4, 0.5) is 11.4 Å². The van der Waals surface area contributed by atoms with Gasteiger partial charge in [0.25, 0.3) is 0 Å². The smallest absolute Gasteiger partial charge is 0.337 e. The predicted octanol–water partition coefficient (Wildman–Crippen LogP) is 4.86. The maximum atomic E-state index is 11.5. The summed E-state index contributed by atoms with van der Waals surface area (Å²) in [6.07, 6.45) is 1.67. The number of aromatic nitrogens is 3. The summed E-state index contributed by atoms with van der Waals surface area (Å²) in [4.78, 5) is 16.0. The monoisotopic (exact) mass is 386 g/mol. The molecule has 2 aromatic heterocycles. The van der Waals surface area contributed by atoms with Crippen molar-refractivity contribution in [3.05, 3.63) is 77.8 Å². The van der Waals surface area contributed by atoms with Crippen LogP contribution in [0.2, 0.25) is 0 Å². The van der Waals surface area contributed by atoms with E-state index in [9.17, 15) is 9.90 Å². The number of nitrogens with one attached hydrogen (secondary N) is 1. The molecular formula is C22H18N4O3. The van der Waals surface area contributed by atoms with Crippen LogP contribution >= 0.6 is 0 Å². The van der Waals surface area contributed by atoms with Gasteiger partial charge in [0.05, 0.1) is 28.8 Å². The highest BCUT2D eigenvalue weighted by Crippen LogP contribution is 2.27. The average molecular weight is 386 g/mol. The number of hydrogen-bond acceptors (Lipinski definition) is 6. The van der Waals surface area contributed by atoms with Crippen molar-refractivity contribution >= 4 is 17.3 Å². The number of anilines is 2. The molecule has 29 heavy (non-hydrogen) atoms. The normalized spacial score (nSPS) is 10.7. The van der Waals surface area contributed by atoms with Gasteiger partial charge in [0.2, 0.25) is 11.8 Å². The second-order valence-corrected chi connectivity index (χ2v) is 6.62. The van der Waals surface area contributed by atoms with Crippen LogP contribution in [0.5, 0.6) is 0 Å². The molecule has 7 nitrogen and oxygen atoms in total. The molecule has 0 saturated heterocycles. The van der Waals surface area contributed by atoms with E-state index in [0.29, 0.717) is 23.2 Å². The van der Waals surface area contributed by atoms with Gasteiger partial charge in [0.15, 0.2) is 0 Å². The highest BCUT2D eigenvalue weighted by Gasteiger charge is 2.11. The Balaban J connectivity index is 1.58. The van der Waals surface area contributed by atoms with Crippen LogP contribution in [0.3, 0.4) is 0 Å². The number of carboxylic acid groups (broad SMARTS) is 1. The molecule has 0 aliphatic rings. The van der Waals surface area contributed by atoms with Crippen LogP contribution in [-0.4, -0.2) is 26.3 Å². The molecule has 0 saturated carbocycles. The predicted molar refractivity (Wildman–Crippen MR) is 109 cm³/mol. The van der Waals surface area contributed by atoms with Crippen molar-refractivity contribution in [3.8, 4) is 22.7 Å². The highest BCUT2D eigenvalue weighted by atomic mass is 16.4. The van der Waals surface area contributed by atoms with E-state index >= 15 is 0 Å². The van der Waals surface area contributed by atoms with Gasteiger partial charge >= 0.3 is 5.97 Å². The Labute approximate surface area is 167 Å². The zero-order valence-electron chi connectivity index (χ0n) is 15.9. The Morgan fingerprint density at radius 2 is 1.83 bits per heavy atom. The average Bonchev–Trinajstić information content (AvgIpc) is 3.16. The van der Waals surface area contributed by atoms with Crippen molar-refractivity contribution in [2.75, 3.05) is 5.32 Å². The van der Waals surface area contributed by atoms with E-state index in [1.54, 1.807) is 25.3 Å². The first kappa shape index (κ1) is 18.4. The zero-order valence-corrected chi connectivity index (χ0v) is 15.9. The summed E-state index contributed by atoms with van der Waals surface area (Å²) in [7, 11) is 0. The van der Waals surface area contributed by atoms with Crippen molar-refractivity contribution in [3.63, 3.8) is 0 Å². The molecule has 2 N–H and O–H groups in total. The van der Waals surface area contributed by atoms with E-state index in [1.807, 2.05) is 49.4 Å². The Kier molecular flexibility index (Phi) is 4.78. The Morgan fingerprint density at radius 3 is 2.52 bits per heavy atom. The van der Waals surface area contributed by atoms with E-state index < -0.39 is 5.97 Å². The third-order valence-corrected chi connectivity index (χ3v) is 4.38. The van der Waals surface area contributed by atoms with Crippen molar-refractivity contribution < 1.29 is 14.3 Å². The molecule has 0 amide bonds. The fourth-order valence-corrected chi connectivity index (χ4v) is 2.96. The van der Waals surface area contributed by atoms with Gasteiger partial charge in [-0.05, 0) is 43.3 Å². The Hall–Kier alpha value is -4.00. The minimum Gasteiger partial charge on any atom is -0.478 e. The van der Waals surface area contributed by atoms with Crippen LogP contribution in [0.25, 0.3) is 22.7 Å². The lowest BCUT2D eigenvalue weighted by atomic mass is 10.1. The maximum absolute atomic E-state index is 11.5. The van der Waals surface area contributed by atoms with Gasteiger partial charge in [-0.3, -0.25) is 4.98 Å². The molecule has 0 fully saturated rings. The molecule has 4 rings (SSSR count). The lowest BCUT2D eigenvalue weighted by Crippen LogP contribution is -2.03. The van der Waals surface area contributed by atoms with E-state index in [0.717, 1.165) is 22.4 Å². The molecule has 2 aromatic carbocycles. The number of nitrogens with zero attached hydrogens (tertiary/aromatic N) is 3. The van der Waals surface area contributed by atoms with E-state index in [1.165, 1.54) is 0 Å². The summed E-state index contributed by atoms with van der Waals surface area (Å²) in [5.74, 6) is -0.00662. The molecule has 7 heteroatoms. The number of aryl methyl sites for hydroxylation is 2. The van der Waals surface area contributed by atoms with Crippen molar-refractivity contribution in [1.29, 1.82) is 0 Å². The zero-order chi connectivity index (χ0) is 20.4. The first-order valence-corrected chi connectivity index (χ1v) is 8.97. The molecule has 0 spiro atoms. The summed E-state index contributed by atoms with van der Waals surface area (Å²) in [6, 6.07) is 16.7. The SMILES string of the molecule is Cc1ccc(Nc2ccc(-c3cccc(-c4nnc(C)o4)c3)nc2)c(C(=O)O)c1. The number of hydrogen-bond donors (Lipinski definition) is 2. The minimum absolute atomic E-state index is 0.219. The third kappa shape index (κ3) is 3.98. The van der Waals surface area contributed by atoms with Crippen LogP contribution in [-0.2, 0) is 0 Å². The quantitative estimate of drug-likeness (QED) is 0.505. The molecule has 0 aliphatic carbocycles. The number of benzene rings is 2.